The van der Waals surface area contributed by atoms with E-state index in [0.717, 1.165) is 6.66 Å². The fourth-order valence-electron chi connectivity index (χ4n) is 5.17. The smallest absolute Gasteiger partial charge is 0.242 e. The van der Waals surface area contributed by atoms with Crippen LogP contribution >= 0.6 is 7.60 Å². The van der Waals surface area contributed by atoms with Gasteiger partial charge in [0.1, 0.15) is 19.7 Å². The Balaban J connectivity index is 0.0000143. The van der Waals surface area contributed by atoms with E-state index in [1.54, 1.807) is 14.2 Å². The molecule has 1 fully saturated rings. The maximum atomic E-state index is 13.2. The Labute approximate surface area is 326 Å². The highest BCUT2D eigenvalue weighted by Crippen LogP contribution is 2.38. The maximum Gasteiger partial charge on any atom is 0.242 e. The number of nitrogens with one attached hydrogen (secondary N) is 5. The Morgan fingerprint density at radius 3 is 1.47 bits per heavy atom. The summed E-state index contributed by atoms with van der Waals surface area (Å²) < 4.78 is 47.5. The van der Waals surface area contributed by atoms with Crippen molar-refractivity contribution in [1.82, 2.24) is 26.6 Å². The molecule has 3 atom stereocenters. The van der Waals surface area contributed by atoms with Gasteiger partial charge < -0.3 is 69.0 Å². The van der Waals surface area contributed by atoms with Crippen LogP contribution in [0.1, 0.15) is 65.2 Å². The number of rotatable bonds is 31. The molecular formula is C35H67N5O14P-. The molecule has 0 aromatic heterocycles. The van der Waals surface area contributed by atoms with Crippen molar-refractivity contribution in [2.24, 2.45) is 5.92 Å². The Morgan fingerprint density at radius 2 is 1.04 bits per heavy atom. The van der Waals surface area contributed by atoms with Crippen molar-refractivity contribution in [3.63, 3.8) is 0 Å². The monoisotopic (exact) mass is 812 g/mol. The molecule has 5 N–H and O–H groups in total. The summed E-state index contributed by atoms with van der Waals surface area (Å²) in [5, 5.41) is 13.5. The number of ether oxygens (including phenoxy) is 6. The van der Waals surface area contributed by atoms with Crippen molar-refractivity contribution >= 4 is 37.1 Å². The van der Waals surface area contributed by atoms with E-state index in [4.69, 9.17) is 32.9 Å². The second kappa shape index (κ2) is 33.4. The van der Waals surface area contributed by atoms with E-state index >= 15 is 0 Å². The van der Waals surface area contributed by atoms with Crippen LogP contribution in [-0.4, -0.2) is 155 Å². The Morgan fingerprint density at radius 1 is 0.618 bits per heavy atom. The molecule has 0 spiro atoms. The highest BCUT2D eigenvalue weighted by molar-refractivity contribution is 7.50. The van der Waals surface area contributed by atoms with E-state index in [9.17, 15) is 33.4 Å². The largest absolute Gasteiger partial charge is 0.779 e. The Hall–Kier alpha value is -2.74. The van der Waals surface area contributed by atoms with Gasteiger partial charge in [-0.2, -0.15) is 0 Å². The first-order chi connectivity index (χ1) is 26.4. The molecular weight excluding hydrogens is 745 g/mol. The number of hydrogen-bond donors (Lipinski definition) is 5. The number of amides is 5. The molecule has 0 aliphatic heterocycles. The molecule has 0 heterocycles. The highest BCUT2D eigenvalue weighted by Gasteiger charge is 2.31. The minimum absolute atomic E-state index is 0.00555. The third-order valence-corrected chi connectivity index (χ3v) is 8.63. The molecule has 0 bridgehead atoms. The van der Waals surface area contributed by atoms with Gasteiger partial charge in [-0.15, -0.1) is 0 Å². The fraction of sp³-hybridized carbons (Fsp3) is 0.857. The SMILES string of the molecule is CC.COCCOCCNC(=O)CCC(NC(=O)CCC(NC(=O)C1CCC(OP(C)(=O)[O-])CC1)C(=O)NCCOCCOC)C(=O)NCCOCCOC. The average Bonchev–Trinajstić information content (AvgIpc) is 3.16. The van der Waals surface area contributed by atoms with Crippen LogP contribution in [0.25, 0.3) is 0 Å². The van der Waals surface area contributed by atoms with Crippen LogP contribution in [0, 0.1) is 5.92 Å². The van der Waals surface area contributed by atoms with Gasteiger partial charge >= 0.3 is 0 Å². The van der Waals surface area contributed by atoms with Crippen molar-refractivity contribution in [3.8, 4) is 0 Å². The quantitative estimate of drug-likeness (QED) is 0.0443. The number of hydrogen-bond acceptors (Lipinski definition) is 14. The summed E-state index contributed by atoms with van der Waals surface area (Å²) in [5.74, 6) is -2.82. The normalized spacial score (nSPS) is 17.4. The summed E-state index contributed by atoms with van der Waals surface area (Å²) in [6, 6.07) is -2.16. The molecule has 1 aliphatic carbocycles. The summed E-state index contributed by atoms with van der Waals surface area (Å²) in [4.78, 5) is 76.7. The van der Waals surface area contributed by atoms with Crippen LogP contribution in [0.5, 0.6) is 0 Å². The third kappa shape index (κ3) is 28.3. The van der Waals surface area contributed by atoms with Gasteiger partial charge in [-0.25, -0.2) is 0 Å². The lowest BCUT2D eigenvalue weighted by Crippen LogP contribution is -2.51. The molecule has 3 unspecified atom stereocenters. The van der Waals surface area contributed by atoms with E-state index in [-0.39, 0.29) is 71.0 Å². The minimum atomic E-state index is -3.92. The van der Waals surface area contributed by atoms with Crippen LogP contribution < -0.4 is 31.5 Å². The molecule has 5 amide bonds. The zero-order chi connectivity index (χ0) is 41.3. The summed E-state index contributed by atoms with van der Waals surface area (Å²) in [7, 11) is 0.713. The predicted octanol–water partition coefficient (Wildman–Crippen LogP) is -0.361. The van der Waals surface area contributed by atoms with Crippen LogP contribution in [0.2, 0.25) is 0 Å². The average molecular weight is 813 g/mol. The predicted molar refractivity (Wildman–Crippen MR) is 201 cm³/mol. The maximum absolute atomic E-state index is 13.2. The molecule has 322 valence electrons. The van der Waals surface area contributed by atoms with Crippen molar-refractivity contribution in [1.29, 1.82) is 0 Å². The van der Waals surface area contributed by atoms with Crippen molar-refractivity contribution < 1.29 is 66.4 Å². The van der Waals surface area contributed by atoms with Gasteiger partial charge in [0.05, 0.1) is 65.6 Å². The lowest BCUT2D eigenvalue weighted by atomic mass is 9.86. The van der Waals surface area contributed by atoms with Gasteiger partial charge in [0.25, 0.3) is 0 Å². The molecule has 0 aromatic rings. The molecule has 20 heteroatoms. The minimum Gasteiger partial charge on any atom is -0.779 e. The molecule has 1 aliphatic rings. The first kappa shape index (κ1) is 52.3. The van der Waals surface area contributed by atoms with Gasteiger partial charge in [-0.05, 0) is 38.5 Å². The van der Waals surface area contributed by atoms with Gasteiger partial charge in [0.2, 0.25) is 29.5 Å². The first-order valence-corrected chi connectivity index (χ1v) is 21.0. The summed E-state index contributed by atoms with van der Waals surface area (Å²) in [5.41, 5.74) is 0. The fourth-order valence-corrected chi connectivity index (χ4v) is 5.92. The summed E-state index contributed by atoms with van der Waals surface area (Å²) in [6.45, 7) is 8.52. The van der Waals surface area contributed by atoms with E-state index < -0.39 is 55.3 Å². The number of methoxy groups -OCH3 is 3. The molecule has 55 heavy (non-hydrogen) atoms. The van der Waals surface area contributed by atoms with Crippen molar-refractivity contribution in [2.45, 2.75) is 83.4 Å². The molecule has 1 saturated carbocycles. The molecule has 19 nitrogen and oxygen atoms in total. The van der Waals surface area contributed by atoms with E-state index in [1.165, 1.54) is 7.11 Å². The second-order valence-electron chi connectivity index (χ2n) is 12.4. The van der Waals surface area contributed by atoms with Gasteiger partial charge in [0, 0.05) is 66.4 Å². The van der Waals surface area contributed by atoms with E-state index in [0.29, 0.717) is 65.3 Å². The summed E-state index contributed by atoms with van der Waals surface area (Å²) in [6.07, 6.45) is 0.551. The molecule has 0 radical (unpaired) electrons. The number of carbonyl (C=O) groups excluding carboxylic acids is 5. The third-order valence-electron chi connectivity index (χ3n) is 7.95. The molecule has 1 rings (SSSR count). The van der Waals surface area contributed by atoms with Crippen molar-refractivity contribution in [3.05, 3.63) is 0 Å². The Bertz CT molecular complexity index is 1110. The van der Waals surface area contributed by atoms with E-state index in [2.05, 4.69) is 26.6 Å². The Kier molecular flexibility index (Phi) is 31.7. The van der Waals surface area contributed by atoms with Crippen LogP contribution in [0.3, 0.4) is 0 Å². The zero-order valence-electron chi connectivity index (χ0n) is 33.6. The summed E-state index contributed by atoms with van der Waals surface area (Å²) >= 11 is 0. The first-order valence-electron chi connectivity index (χ1n) is 19.0. The highest BCUT2D eigenvalue weighted by atomic mass is 31.2. The second-order valence-corrected chi connectivity index (χ2v) is 14.1. The topological polar surface area (TPSA) is 250 Å². The molecule has 0 aromatic carbocycles. The van der Waals surface area contributed by atoms with Gasteiger partial charge in [0.15, 0.2) is 0 Å². The van der Waals surface area contributed by atoms with Crippen molar-refractivity contribution in [2.75, 3.05) is 107 Å². The van der Waals surface area contributed by atoms with Crippen LogP contribution in [-0.2, 0) is 61.5 Å². The van der Waals surface area contributed by atoms with E-state index in [1.807, 2.05) is 13.8 Å². The lowest BCUT2D eigenvalue weighted by Gasteiger charge is -2.32. The molecule has 0 saturated heterocycles. The zero-order valence-corrected chi connectivity index (χ0v) is 34.5. The standard InChI is InChI=1S/C33H62N5O14P.C2H6/c1-46-19-22-49-16-13-34-29(39)11-9-27(32(42)35-14-17-50-23-20-47-2)37-30(40)12-10-28(33(43)36-15-18-51-24-21-48-3)38-31(41)25-5-7-26(8-6-25)52-53(4,44)45;1-2/h25-28H,5-24H2,1-4H3,(H,34,39)(H,35,42)(H,36,43)(H,37,40)(H,38,41)(H,44,45);1-2H3/p-1. The van der Waals surface area contributed by atoms with Gasteiger partial charge in [-0.1, -0.05) is 13.8 Å². The number of carbonyl (C=O) groups is 5. The lowest BCUT2D eigenvalue weighted by molar-refractivity contribution is -0.201. The van der Waals surface area contributed by atoms with Crippen LogP contribution in [0.15, 0.2) is 0 Å². The van der Waals surface area contributed by atoms with Gasteiger partial charge in [-0.3, -0.25) is 24.0 Å². The van der Waals surface area contributed by atoms with Crippen LogP contribution in [0.4, 0.5) is 0 Å².